The molecule has 0 radical (unpaired) electrons. The highest BCUT2D eigenvalue weighted by Crippen LogP contribution is 2.43. The van der Waals surface area contributed by atoms with E-state index in [1.54, 1.807) is 0 Å². The van der Waals surface area contributed by atoms with Gasteiger partial charge in [0.15, 0.2) is 6.20 Å². The van der Waals surface area contributed by atoms with Crippen LogP contribution in [0.5, 0.6) is 0 Å². The Labute approximate surface area is 170 Å². The first-order valence-electron chi connectivity index (χ1n) is 10.4. The summed E-state index contributed by atoms with van der Waals surface area (Å²) in [7, 11) is 2.20. The second-order valence-corrected chi connectivity index (χ2v) is 9.84. The lowest BCUT2D eigenvalue weighted by atomic mass is 9.86. The number of nitrogens with zero attached hydrogens (tertiary/aromatic N) is 1. The number of hydrogen-bond acceptors (Lipinski definition) is 0. The van der Waals surface area contributed by atoms with Gasteiger partial charge in [-0.25, -0.2) is 4.57 Å². The van der Waals surface area contributed by atoms with Gasteiger partial charge in [-0.3, -0.25) is 0 Å². The van der Waals surface area contributed by atoms with Crippen LogP contribution in [0, 0.1) is 26.2 Å². The monoisotopic (exact) mass is 370 g/mol. The van der Waals surface area contributed by atoms with Gasteiger partial charge in [-0.2, -0.15) is 0 Å². The Morgan fingerprint density at radius 3 is 2.36 bits per heavy atom. The van der Waals surface area contributed by atoms with E-state index in [-0.39, 0.29) is 0 Å². The zero-order valence-corrected chi connectivity index (χ0v) is 18.4. The second kappa shape index (κ2) is 6.58. The molecule has 1 aliphatic rings. The summed E-state index contributed by atoms with van der Waals surface area (Å²) in [5.41, 5.74) is 14.3. The van der Waals surface area contributed by atoms with Crippen LogP contribution in [0.15, 0.2) is 42.6 Å². The molecule has 0 amide bonds. The van der Waals surface area contributed by atoms with Gasteiger partial charge in [0.2, 0.25) is 5.69 Å². The molecule has 0 unspecified atom stereocenters. The fourth-order valence-corrected chi connectivity index (χ4v) is 4.65. The molecule has 1 aromatic heterocycles. The average molecular weight is 371 g/mol. The molecular formula is C27H32N+. The SMILES string of the molecule is Cc1ccc2c(c1)-c1ccc(C)c(-c3cc(C)c(CC(C)(C)C)c[n+]3C)c1C2. The van der Waals surface area contributed by atoms with Crippen molar-refractivity contribution in [2.75, 3.05) is 0 Å². The highest BCUT2D eigenvalue weighted by atomic mass is 14.9. The number of hydrogen-bond donors (Lipinski definition) is 0. The number of pyridine rings is 1. The number of aromatic nitrogens is 1. The van der Waals surface area contributed by atoms with Crippen molar-refractivity contribution in [2.24, 2.45) is 12.5 Å². The van der Waals surface area contributed by atoms with E-state index in [0.717, 1.165) is 12.8 Å². The molecule has 0 atom stereocenters. The molecule has 1 aliphatic carbocycles. The molecule has 0 spiro atoms. The van der Waals surface area contributed by atoms with Crippen molar-refractivity contribution in [2.45, 2.75) is 54.4 Å². The quantitative estimate of drug-likeness (QED) is 0.366. The van der Waals surface area contributed by atoms with Gasteiger partial charge in [-0.1, -0.05) is 56.7 Å². The molecule has 0 N–H and O–H groups in total. The van der Waals surface area contributed by atoms with Crippen molar-refractivity contribution in [1.82, 2.24) is 0 Å². The minimum absolute atomic E-state index is 0.294. The van der Waals surface area contributed by atoms with Gasteiger partial charge in [0.1, 0.15) is 7.05 Å². The van der Waals surface area contributed by atoms with Crippen LogP contribution in [-0.4, -0.2) is 0 Å². The molecular weight excluding hydrogens is 338 g/mol. The highest BCUT2D eigenvalue weighted by Gasteiger charge is 2.27. The fraction of sp³-hybridized carbons (Fsp3) is 0.370. The van der Waals surface area contributed by atoms with Gasteiger partial charge in [-0.15, -0.1) is 0 Å². The summed E-state index contributed by atoms with van der Waals surface area (Å²) in [6.07, 6.45) is 4.48. The summed E-state index contributed by atoms with van der Waals surface area (Å²) < 4.78 is 2.34. The molecule has 1 heteroatoms. The molecule has 144 valence electrons. The number of benzene rings is 2. The smallest absolute Gasteiger partial charge is 0.201 e. The molecule has 0 bridgehead atoms. The molecule has 4 rings (SSSR count). The van der Waals surface area contributed by atoms with Crippen LogP contribution in [-0.2, 0) is 19.9 Å². The summed E-state index contributed by atoms with van der Waals surface area (Å²) in [6, 6.07) is 13.9. The van der Waals surface area contributed by atoms with Gasteiger partial charge in [0, 0.05) is 11.6 Å². The fourth-order valence-electron chi connectivity index (χ4n) is 4.65. The summed E-state index contributed by atoms with van der Waals surface area (Å²) >= 11 is 0. The minimum Gasteiger partial charge on any atom is -0.201 e. The van der Waals surface area contributed by atoms with E-state index < -0.39 is 0 Å². The van der Waals surface area contributed by atoms with Crippen LogP contribution in [0.4, 0.5) is 0 Å². The van der Waals surface area contributed by atoms with E-state index in [4.69, 9.17) is 0 Å². The second-order valence-electron chi connectivity index (χ2n) is 9.84. The van der Waals surface area contributed by atoms with E-state index in [0.29, 0.717) is 5.41 Å². The third-order valence-corrected chi connectivity index (χ3v) is 6.01. The zero-order chi connectivity index (χ0) is 20.2. The van der Waals surface area contributed by atoms with Crippen LogP contribution in [0.2, 0.25) is 0 Å². The molecule has 0 aliphatic heterocycles. The average Bonchev–Trinajstić information content (AvgIpc) is 2.94. The van der Waals surface area contributed by atoms with E-state index in [1.807, 2.05) is 0 Å². The van der Waals surface area contributed by atoms with Gasteiger partial charge in [0.05, 0.1) is 5.56 Å². The summed E-state index contributed by atoms with van der Waals surface area (Å²) in [4.78, 5) is 0. The molecule has 3 aromatic rings. The molecule has 1 nitrogen and oxygen atoms in total. The van der Waals surface area contributed by atoms with Crippen LogP contribution < -0.4 is 4.57 Å². The van der Waals surface area contributed by atoms with Crippen LogP contribution in [0.25, 0.3) is 22.4 Å². The maximum atomic E-state index is 2.40. The Morgan fingerprint density at radius 2 is 1.64 bits per heavy atom. The van der Waals surface area contributed by atoms with Crippen molar-refractivity contribution < 1.29 is 4.57 Å². The van der Waals surface area contributed by atoms with Crippen LogP contribution in [0.3, 0.4) is 0 Å². The first-order chi connectivity index (χ1) is 13.1. The van der Waals surface area contributed by atoms with E-state index in [2.05, 4.69) is 95.8 Å². The third kappa shape index (κ3) is 3.28. The Balaban J connectivity index is 1.88. The Morgan fingerprint density at radius 1 is 0.893 bits per heavy atom. The van der Waals surface area contributed by atoms with Crippen LogP contribution >= 0.6 is 0 Å². The Bertz CT molecular complexity index is 1080. The maximum absolute atomic E-state index is 2.40. The summed E-state index contributed by atoms with van der Waals surface area (Å²) in [5, 5.41) is 0. The molecule has 0 saturated heterocycles. The topological polar surface area (TPSA) is 3.88 Å². The number of rotatable bonds is 2. The van der Waals surface area contributed by atoms with Gasteiger partial charge >= 0.3 is 0 Å². The van der Waals surface area contributed by atoms with Crippen molar-refractivity contribution in [3.05, 3.63) is 76.0 Å². The molecule has 1 heterocycles. The first-order valence-corrected chi connectivity index (χ1v) is 10.4. The van der Waals surface area contributed by atoms with Crippen molar-refractivity contribution >= 4 is 0 Å². The van der Waals surface area contributed by atoms with Gasteiger partial charge < -0.3 is 0 Å². The van der Waals surface area contributed by atoms with Crippen LogP contribution in [0.1, 0.15) is 54.2 Å². The Hall–Kier alpha value is -2.41. The predicted molar refractivity (Wildman–Crippen MR) is 119 cm³/mol. The maximum Gasteiger partial charge on any atom is 0.213 e. The minimum atomic E-state index is 0.294. The third-order valence-electron chi connectivity index (χ3n) is 6.01. The standard InChI is InChI=1S/C27H32N/c1-17-8-10-20-14-24-22(23(20)12-17)11-9-18(2)26(24)25-13-19(3)21(16-28(25)7)15-27(4,5)6/h8-13,16H,14-15H2,1-7H3/q+1. The summed E-state index contributed by atoms with van der Waals surface area (Å²) in [5.74, 6) is 0. The van der Waals surface area contributed by atoms with Gasteiger partial charge in [-0.05, 0) is 72.4 Å². The lowest BCUT2D eigenvalue weighted by Gasteiger charge is -2.19. The normalized spacial score (nSPS) is 12.8. The van der Waals surface area contributed by atoms with E-state index >= 15 is 0 Å². The van der Waals surface area contributed by atoms with Crippen molar-refractivity contribution in [3.8, 4) is 22.4 Å². The molecule has 28 heavy (non-hydrogen) atoms. The van der Waals surface area contributed by atoms with Crippen molar-refractivity contribution in [1.29, 1.82) is 0 Å². The van der Waals surface area contributed by atoms with E-state index in [1.165, 1.54) is 55.8 Å². The molecule has 0 saturated carbocycles. The first kappa shape index (κ1) is 18.9. The molecule has 2 aromatic carbocycles. The number of aryl methyl sites for hydroxylation is 4. The molecule has 0 fully saturated rings. The largest absolute Gasteiger partial charge is 0.213 e. The number of fused-ring (bicyclic) bond motifs is 3. The van der Waals surface area contributed by atoms with Gasteiger partial charge in [0.25, 0.3) is 0 Å². The Kier molecular flexibility index (Phi) is 4.45. The predicted octanol–water partition coefficient (Wildman–Crippen LogP) is 6.26. The highest BCUT2D eigenvalue weighted by molar-refractivity contribution is 5.85. The van der Waals surface area contributed by atoms with Crippen molar-refractivity contribution in [3.63, 3.8) is 0 Å². The zero-order valence-electron chi connectivity index (χ0n) is 18.4. The van der Waals surface area contributed by atoms with E-state index in [9.17, 15) is 0 Å². The lowest BCUT2D eigenvalue weighted by Crippen LogP contribution is -2.33. The summed E-state index contributed by atoms with van der Waals surface area (Å²) in [6.45, 7) is 13.6. The lowest BCUT2D eigenvalue weighted by molar-refractivity contribution is -0.660.